The average Bonchev–Trinajstić information content (AvgIpc) is 3.88. The summed E-state index contributed by atoms with van der Waals surface area (Å²) in [5.74, 6) is -3.44. The number of ether oxygens (including phenoxy) is 1. The summed E-state index contributed by atoms with van der Waals surface area (Å²) < 4.78 is 5.05. The highest BCUT2D eigenvalue weighted by Crippen LogP contribution is 2.13. The maximum Gasteiger partial charge on any atom is 0.328 e. The van der Waals surface area contributed by atoms with Crippen molar-refractivity contribution in [3.63, 3.8) is 0 Å². The molecule has 64 heavy (non-hydrogen) atoms. The van der Waals surface area contributed by atoms with Crippen molar-refractivity contribution < 1.29 is 33.5 Å². The number of rotatable bonds is 21. The van der Waals surface area contributed by atoms with Crippen molar-refractivity contribution in [2.45, 2.75) is 81.2 Å². The Morgan fingerprint density at radius 2 is 0.734 bits per heavy atom. The maximum atomic E-state index is 14.6. The number of carbonyl (C=O) groups excluding carboxylic acids is 6. The van der Waals surface area contributed by atoms with Crippen LogP contribution in [0.1, 0.15) is 40.7 Å². The zero-order valence-electron chi connectivity index (χ0n) is 35.9. The van der Waals surface area contributed by atoms with Crippen molar-refractivity contribution in [3.05, 3.63) is 179 Å². The van der Waals surface area contributed by atoms with Crippen molar-refractivity contribution in [2.75, 3.05) is 13.7 Å². The molecular weight excluding hydrogens is 809 g/mol. The minimum absolute atomic E-state index is 0.0456. The molecule has 13 nitrogen and oxygen atoms in total. The van der Waals surface area contributed by atoms with E-state index in [-0.39, 0.29) is 38.0 Å². The highest BCUT2D eigenvalue weighted by Gasteiger charge is 2.34. The number of hydrogen-bond donors (Lipinski definition) is 6. The lowest BCUT2D eigenvalue weighted by molar-refractivity contribution is -0.145. The van der Waals surface area contributed by atoms with E-state index in [2.05, 4.69) is 31.9 Å². The molecule has 6 rings (SSSR count). The van der Waals surface area contributed by atoms with Crippen LogP contribution in [-0.4, -0.2) is 85.4 Å². The van der Waals surface area contributed by atoms with E-state index >= 15 is 0 Å². The Labute approximate surface area is 374 Å². The molecule has 1 fully saturated rings. The first-order chi connectivity index (χ1) is 31.1. The molecule has 5 aromatic rings. The van der Waals surface area contributed by atoms with Gasteiger partial charge < -0.3 is 36.6 Å². The van der Waals surface area contributed by atoms with Gasteiger partial charge in [0.25, 0.3) is 0 Å². The lowest BCUT2D eigenvalue weighted by Crippen LogP contribution is -2.60. The van der Waals surface area contributed by atoms with Gasteiger partial charge in [-0.05, 0) is 47.2 Å². The first-order valence-corrected chi connectivity index (χ1v) is 21.7. The summed E-state index contributed by atoms with van der Waals surface area (Å²) in [5.41, 5.74) is 3.84. The average molecular weight is 865 g/mol. The Morgan fingerprint density at radius 1 is 0.453 bits per heavy atom. The Morgan fingerprint density at radius 3 is 1.02 bits per heavy atom. The Bertz CT molecular complexity index is 2280. The standard InChI is InChI=1S/C51H56N6O7/c1-64-51(63)45(34-39-26-15-6-16-27-39)57-50(62)44(33-38-24-13-5-14-25-38)56-49(61)43(32-37-22-11-4-12-23-37)55-48(60)42(31-36-20-9-3-10-21-36)54-47(59)41(30-35-18-7-2-8-19-35)53-46(58)40-28-17-29-52-40/h2-16,18-27,40-45,52H,17,28-34H2,1H3,(H,53,58)(H,54,59)(H,55,60)(H,56,61)(H,57,62)/t40-,41-,42-,43-,44-,45-/m0/s1. The molecule has 0 aromatic heterocycles. The van der Waals surface area contributed by atoms with Gasteiger partial charge in [-0.3, -0.25) is 24.0 Å². The maximum absolute atomic E-state index is 14.6. The topological polar surface area (TPSA) is 184 Å². The molecule has 0 saturated carbocycles. The molecule has 0 unspecified atom stereocenters. The fourth-order valence-corrected chi connectivity index (χ4v) is 7.69. The molecule has 0 bridgehead atoms. The molecule has 0 spiro atoms. The van der Waals surface area contributed by atoms with Gasteiger partial charge in [-0.25, -0.2) is 4.79 Å². The largest absolute Gasteiger partial charge is 0.467 e. The van der Waals surface area contributed by atoms with E-state index in [4.69, 9.17) is 4.74 Å². The van der Waals surface area contributed by atoms with Crippen LogP contribution >= 0.6 is 0 Å². The van der Waals surface area contributed by atoms with Gasteiger partial charge in [0.05, 0.1) is 13.2 Å². The van der Waals surface area contributed by atoms with E-state index in [1.54, 1.807) is 0 Å². The summed E-state index contributed by atoms with van der Waals surface area (Å²) in [6, 6.07) is 39.8. The molecule has 13 heteroatoms. The van der Waals surface area contributed by atoms with Crippen molar-refractivity contribution in [3.8, 4) is 0 Å². The van der Waals surface area contributed by atoms with Crippen LogP contribution in [0.4, 0.5) is 0 Å². The third-order valence-corrected chi connectivity index (χ3v) is 11.1. The van der Waals surface area contributed by atoms with Crippen LogP contribution in [0.5, 0.6) is 0 Å². The third kappa shape index (κ3) is 14.2. The summed E-state index contributed by atoms with van der Waals surface area (Å²) >= 11 is 0. The lowest BCUT2D eigenvalue weighted by atomic mass is 10.00. The van der Waals surface area contributed by atoms with E-state index in [1.807, 2.05) is 152 Å². The number of carbonyl (C=O) groups is 6. The molecule has 0 radical (unpaired) electrons. The lowest BCUT2D eigenvalue weighted by Gasteiger charge is -2.28. The normalized spacial score (nSPS) is 15.5. The molecule has 6 atom stereocenters. The molecule has 1 saturated heterocycles. The van der Waals surface area contributed by atoms with Crippen molar-refractivity contribution in [1.82, 2.24) is 31.9 Å². The first-order valence-electron chi connectivity index (χ1n) is 21.7. The summed E-state index contributed by atoms with van der Waals surface area (Å²) in [7, 11) is 1.24. The van der Waals surface area contributed by atoms with Crippen LogP contribution < -0.4 is 31.9 Å². The number of methoxy groups -OCH3 is 1. The Balaban J connectivity index is 1.26. The fourth-order valence-electron chi connectivity index (χ4n) is 7.69. The first kappa shape index (κ1) is 46.4. The van der Waals surface area contributed by atoms with Crippen LogP contribution in [0.25, 0.3) is 0 Å². The van der Waals surface area contributed by atoms with Crippen molar-refractivity contribution in [2.24, 2.45) is 0 Å². The third-order valence-electron chi connectivity index (χ3n) is 11.1. The zero-order valence-corrected chi connectivity index (χ0v) is 35.9. The SMILES string of the molecule is COC(=O)[C@H](Cc1ccccc1)NC(=O)[C@H](Cc1ccccc1)NC(=O)[C@H](Cc1ccccc1)NC(=O)[C@H](Cc1ccccc1)NC(=O)[C@H](Cc1ccccc1)NC(=O)[C@@H]1CCCN1. The van der Waals surface area contributed by atoms with E-state index in [0.29, 0.717) is 13.0 Å². The molecule has 1 aliphatic rings. The summed E-state index contributed by atoms with van der Waals surface area (Å²) in [6.45, 7) is 0.699. The van der Waals surface area contributed by atoms with Crippen LogP contribution in [0.2, 0.25) is 0 Å². The smallest absolute Gasteiger partial charge is 0.328 e. The van der Waals surface area contributed by atoms with Crippen molar-refractivity contribution in [1.29, 1.82) is 0 Å². The molecule has 332 valence electrons. The molecule has 6 N–H and O–H groups in total. The summed E-state index contributed by atoms with van der Waals surface area (Å²) in [6.07, 6.45) is 2.00. The van der Waals surface area contributed by atoms with Crippen LogP contribution in [0.3, 0.4) is 0 Å². The van der Waals surface area contributed by atoms with Crippen LogP contribution in [-0.2, 0) is 65.6 Å². The minimum Gasteiger partial charge on any atom is -0.467 e. The second kappa shape index (κ2) is 23.9. The monoisotopic (exact) mass is 864 g/mol. The van der Waals surface area contributed by atoms with Gasteiger partial charge in [0.1, 0.15) is 30.2 Å². The second-order valence-electron chi connectivity index (χ2n) is 15.9. The summed E-state index contributed by atoms with van der Waals surface area (Å²) in [4.78, 5) is 84.0. The fraction of sp³-hybridized carbons (Fsp3) is 0.294. The summed E-state index contributed by atoms with van der Waals surface area (Å²) in [5, 5.41) is 17.6. The van der Waals surface area contributed by atoms with Gasteiger partial charge in [0.2, 0.25) is 29.5 Å². The van der Waals surface area contributed by atoms with Gasteiger partial charge >= 0.3 is 5.97 Å². The number of esters is 1. The molecular formula is C51H56N6O7. The van der Waals surface area contributed by atoms with E-state index in [9.17, 15) is 28.8 Å². The Kier molecular flexibility index (Phi) is 17.3. The number of hydrogen-bond acceptors (Lipinski definition) is 8. The van der Waals surface area contributed by atoms with Gasteiger partial charge in [0.15, 0.2) is 0 Å². The van der Waals surface area contributed by atoms with Crippen LogP contribution in [0, 0.1) is 0 Å². The van der Waals surface area contributed by atoms with E-state index < -0.39 is 65.8 Å². The zero-order chi connectivity index (χ0) is 45.1. The molecule has 5 aromatic carbocycles. The van der Waals surface area contributed by atoms with Crippen molar-refractivity contribution >= 4 is 35.5 Å². The number of nitrogens with one attached hydrogen (secondary N) is 6. The highest BCUT2D eigenvalue weighted by molar-refractivity contribution is 5.97. The van der Waals surface area contributed by atoms with E-state index in [0.717, 1.165) is 34.2 Å². The molecule has 0 aliphatic carbocycles. The molecule has 1 heterocycles. The van der Waals surface area contributed by atoms with Gasteiger partial charge in [-0.15, -0.1) is 0 Å². The predicted octanol–water partition coefficient (Wildman–Crippen LogP) is 3.55. The number of benzene rings is 5. The minimum atomic E-state index is -1.22. The molecule has 1 aliphatic heterocycles. The van der Waals surface area contributed by atoms with Gasteiger partial charge in [0, 0.05) is 32.1 Å². The highest BCUT2D eigenvalue weighted by atomic mass is 16.5. The Hall–Kier alpha value is -7.12. The van der Waals surface area contributed by atoms with Crippen LogP contribution in [0.15, 0.2) is 152 Å². The number of amides is 5. The van der Waals surface area contributed by atoms with Gasteiger partial charge in [-0.2, -0.15) is 0 Å². The molecule has 5 amide bonds. The quantitative estimate of drug-likeness (QED) is 0.0606. The second-order valence-corrected chi connectivity index (χ2v) is 15.9. The predicted molar refractivity (Wildman–Crippen MR) is 243 cm³/mol. The van der Waals surface area contributed by atoms with Gasteiger partial charge in [-0.1, -0.05) is 152 Å². The van der Waals surface area contributed by atoms with E-state index in [1.165, 1.54) is 7.11 Å².